The number of likely N-dealkylation sites (tertiary alicyclic amines) is 1. The van der Waals surface area contributed by atoms with Crippen molar-refractivity contribution in [1.29, 1.82) is 0 Å². The van der Waals surface area contributed by atoms with Crippen molar-refractivity contribution in [2.45, 2.75) is 38.6 Å². The number of piperidine rings is 1. The molecule has 6 heteroatoms. The zero-order valence-electron chi connectivity index (χ0n) is 13.7. The van der Waals surface area contributed by atoms with E-state index in [2.05, 4.69) is 36.9 Å². The summed E-state index contributed by atoms with van der Waals surface area (Å²) in [5, 5.41) is 0. The van der Waals surface area contributed by atoms with Gasteiger partial charge in [0.25, 0.3) is 5.89 Å². The molecule has 1 saturated heterocycles. The Bertz CT molecular complexity index is 652. The molecular formula is C18H22BrN3O2. The van der Waals surface area contributed by atoms with Crippen LogP contribution in [-0.2, 0) is 6.54 Å². The van der Waals surface area contributed by atoms with Gasteiger partial charge in [0.2, 0.25) is 5.78 Å². The summed E-state index contributed by atoms with van der Waals surface area (Å²) in [5.74, 6) is 0.978. The summed E-state index contributed by atoms with van der Waals surface area (Å²) < 4.78 is 6.07. The zero-order valence-corrected chi connectivity index (χ0v) is 15.2. The van der Waals surface area contributed by atoms with E-state index in [1.807, 2.05) is 12.4 Å². The van der Waals surface area contributed by atoms with Gasteiger partial charge in [-0.25, -0.2) is 4.98 Å². The van der Waals surface area contributed by atoms with Crippen molar-refractivity contribution in [2.24, 2.45) is 5.92 Å². The van der Waals surface area contributed by atoms with Crippen LogP contribution in [0.5, 0.6) is 0 Å². The van der Waals surface area contributed by atoms with Crippen molar-refractivity contribution in [3.8, 4) is 0 Å². The average Bonchev–Trinajstić information content (AvgIpc) is 3.11. The summed E-state index contributed by atoms with van der Waals surface area (Å²) in [6.07, 6.45) is 11.7. The van der Waals surface area contributed by atoms with E-state index in [-0.39, 0.29) is 11.7 Å². The van der Waals surface area contributed by atoms with Crippen molar-refractivity contribution in [2.75, 3.05) is 13.1 Å². The molecule has 5 nitrogen and oxygen atoms in total. The molecule has 2 aromatic heterocycles. The van der Waals surface area contributed by atoms with Crippen LogP contribution in [0.1, 0.15) is 48.4 Å². The van der Waals surface area contributed by atoms with Gasteiger partial charge in [0.15, 0.2) is 0 Å². The molecule has 0 spiro atoms. The lowest BCUT2D eigenvalue weighted by molar-refractivity contribution is 0.0940. The molecule has 2 aromatic rings. The van der Waals surface area contributed by atoms with Crippen molar-refractivity contribution in [3.05, 3.63) is 46.8 Å². The number of aromatic nitrogens is 2. The Hall–Kier alpha value is -1.53. The van der Waals surface area contributed by atoms with Gasteiger partial charge in [-0.1, -0.05) is 0 Å². The highest BCUT2D eigenvalue weighted by atomic mass is 79.9. The molecular weight excluding hydrogens is 370 g/mol. The molecule has 24 heavy (non-hydrogen) atoms. The number of hydrogen-bond acceptors (Lipinski definition) is 5. The van der Waals surface area contributed by atoms with Crippen LogP contribution in [0.2, 0.25) is 0 Å². The standard InChI is InChI=1S/C18H22BrN3O2/c19-16-10-15(11-20-12-16)13-22-7-4-14(5-8-22)2-1-3-17(23)18-21-6-9-24-18/h6,9-12,14H,1-5,7-8,13H2. The van der Waals surface area contributed by atoms with E-state index >= 15 is 0 Å². The fourth-order valence-corrected chi connectivity index (χ4v) is 3.67. The fraction of sp³-hybridized carbons (Fsp3) is 0.500. The molecule has 0 bridgehead atoms. The van der Waals surface area contributed by atoms with E-state index in [9.17, 15) is 4.79 Å². The van der Waals surface area contributed by atoms with E-state index < -0.39 is 0 Å². The first-order chi connectivity index (χ1) is 11.7. The number of oxazole rings is 1. The number of halogens is 1. The minimum Gasteiger partial charge on any atom is -0.442 e. The normalized spacial score (nSPS) is 16.4. The predicted octanol–water partition coefficient (Wildman–Crippen LogP) is 4.10. The smallest absolute Gasteiger partial charge is 0.263 e. The van der Waals surface area contributed by atoms with Crippen LogP contribution < -0.4 is 0 Å². The molecule has 0 unspecified atom stereocenters. The molecule has 0 amide bonds. The molecule has 3 heterocycles. The maximum Gasteiger partial charge on any atom is 0.263 e. The van der Waals surface area contributed by atoms with E-state index in [0.717, 1.165) is 42.9 Å². The van der Waals surface area contributed by atoms with Gasteiger partial charge in [0, 0.05) is 29.8 Å². The number of pyridine rings is 1. The number of nitrogens with zero attached hydrogens (tertiary/aromatic N) is 3. The van der Waals surface area contributed by atoms with E-state index in [4.69, 9.17) is 4.42 Å². The van der Waals surface area contributed by atoms with Crippen LogP contribution in [0, 0.1) is 5.92 Å². The summed E-state index contributed by atoms with van der Waals surface area (Å²) in [6.45, 7) is 3.19. The number of hydrogen-bond donors (Lipinski definition) is 0. The number of Topliss-reactive ketones (excluding diaryl/α,β-unsaturated/α-hetero) is 1. The van der Waals surface area contributed by atoms with Gasteiger partial charge in [-0.2, -0.15) is 0 Å². The predicted molar refractivity (Wildman–Crippen MR) is 94.6 cm³/mol. The van der Waals surface area contributed by atoms with Crippen LogP contribution in [0.4, 0.5) is 0 Å². The van der Waals surface area contributed by atoms with Crippen molar-refractivity contribution in [3.63, 3.8) is 0 Å². The Labute approximate surface area is 150 Å². The van der Waals surface area contributed by atoms with Crippen molar-refractivity contribution < 1.29 is 9.21 Å². The molecule has 1 aliphatic heterocycles. The maximum atomic E-state index is 11.9. The van der Waals surface area contributed by atoms with Crippen molar-refractivity contribution >= 4 is 21.7 Å². The minimum atomic E-state index is 0.0135. The molecule has 1 fully saturated rings. The second kappa shape index (κ2) is 8.53. The highest BCUT2D eigenvalue weighted by Crippen LogP contribution is 2.24. The van der Waals surface area contributed by atoms with Gasteiger partial charge in [-0.05, 0) is 72.3 Å². The zero-order chi connectivity index (χ0) is 16.8. The third-order valence-electron chi connectivity index (χ3n) is 4.56. The molecule has 0 radical (unpaired) electrons. The van der Waals surface area contributed by atoms with E-state index in [0.29, 0.717) is 6.42 Å². The molecule has 0 aliphatic carbocycles. The molecule has 0 atom stereocenters. The number of carbonyl (C=O) groups excluding carboxylic acids is 1. The van der Waals surface area contributed by atoms with Gasteiger partial charge in [0.1, 0.15) is 6.26 Å². The monoisotopic (exact) mass is 391 g/mol. The Kier molecular flexibility index (Phi) is 6.15. The Morgan fingerprint density at radius 3 is 2.88 bits per heavy atom. The topological polar surface area (TPSA) is 59.2 Å². The second-order valence-electron chi connectivity index (χ2n) is 6.38. The Morgan fingerprint density at radius 1 is 1.33 bits per heavy atom. The van der Waals surface area contributed by atoms with Crippen LogP contribution in [0.15, 0.2) is 39.8 Å². The van der Waals surface area contributed by atoms with E-state index in [1.54, 1.807) is 0 Å². The molecule has 3 rings (SSSR count). The number of ketones is 1. The summed E-state index contributed by atoms with van der Waals surface area (Å²) in [4.78, 5) is 22.5. The molecule has 1 aliphatic rings. The van der Waals surface area contributed by atoms with Crippen LogP contribution in [0.3, 0.4) is 0 Å². The third kappa shape index (κ3) is 4.98. The lowest BCUT2D eigenvalue weighted by atomic mass is 9.91. The minimum absolute atomic E-state index is 0.0135. The molecule has 0 saturated carbocycles. The summed E-state index contributed by atoms with van der Waals surface area (Å²) in [7, 11) is 0. The highest BCUT2D eigenvalue weighted by Gasteiger charge is 2.20. The van der Waals surface area contributed by atoms with Crippen molar-refractivity contribution in [1.82, 2.24) is 14.9 Å². The molecule has 128 valence electrons. The highest BCUT2D eigenvalue weighted by molar-refractivity contribution is 9.10. The van der Waals surface area contributed by atoms with Gasteiger partial charge < -0.3 is 4.42 Å². The molecule has 0 aromatic carbocycles. The first kappa shape index (κ1) is 17.3. The SMILES string of the molecule is O=C(CCCC1CCN(Cc2cncc(Br)c2)CC1)c1ncco1. The summed E-state index contributed by atoms with van der Waals surface area (Å²) in [5.41, 5.74) is 1.25. The van der Waals surface area contributed by atoms with Gasteiger partial charge in [-0.15, -0.1) is 0 Å². The quantitative estimate of drug-likeness (QED) is 0.664. The fourth-order valence-electron chi connectivity index (χ4n) is 3.25. The van der Waals surface area contributed by atoms with E-state index in [1.165, 1.54) is 30.9 Å². The average molecular weight is 392 g/mol. The number of rotatable bonds is 7. The number of carbonyl (C=O) groups is 1. The summed E-state index contributed by atoms with van der Waals surface area (Å²) >= 11 is 3.47. The lowest BCUT2D eigenvalue weighted by Crippen LogP contribution is -2.33. The second-order valence-corrected chi connectivity index (χ2v) is 7.30. The third-order valence-corrected chi connectivity index (χ3v) is 5.00. The van der Waals surface area contributed by atoms with Gasteiger partial charge in [-0.3, -0.25) is 14.7 Å². The first-order valence-electron chi connectivity index (χ1n) is 8.45. The summed E-state index contributed by atoms with van der Waals surface area (Å²) in [6, 6.07) is 2.13. The van der Waals surface area contributed by atoms with Gasteiger partial charge >= 0.3 is 0 Å². The Balaban J connectivity index is 1.35. The first-order valence-corrected chi connectivity index (χ1v) is 9.24. The van der Waals surface area contributed by atoms with Crippen LogP contribution >= 0.6 is 15.9 Å². The lowest BCUT2D eigenvalue weighted by Gasteiger charge is -2.32. The largest absolute Gasteiger partial charge is 0.442 e. The van der Waals surface area contributed by atoms with Crippen LogP contribution in [-0.4, -0.2) is 33.7 Å². The maximum absolute atomic E-state index is 11.9. The Morgan fingerprint density at radius 2 is 2.17 bits per heavy atom. The molecule has 0 N–H and O–H groups in total. The van der Waals surface area contributed by atoms with Crippen LogP contribution in [0.25, 0.3) is 0 Å². The van der Waals surface area contributed by atoms with Gasteiger partial charge in [0.05, 0.1) is 6.20 Å².